The number of carbonyl (C=O) groups is 1. The molecule has 2 aliphatic heterocycles. The smallest absolute Gasteiger partial charge is 0.265 e. The maximum Gasteiger partial charge on any atom is 0.265 e. The summed E-state index contributed by atoms with van der Waals surface area (Å²) in [5.74, 6) is 1.01. The Morgan fingerprint density at radius 1 is 1.06 bits per heavy atom. The van der Waals surface area contributed by atoms with Crippen LogP contribution < -0.4 is 9.47 Å². The lowest BCUT2D eigenvalue weighted by molar-refractivity contribution is 0.0750. The van der Waals surface area contributed by atoms with Crippen LogP contribution in [0, 0.1) is 0 Å². The van der Waals surface area contributed by atoms with Gasteiger partial charge in [-0.15, -0.1) is 11.3 Å². The molecular weight excluding hydrogens is 472 g/mol. The lowest BCUT2D eigenvalue weighted by atomic mass is 10.0. The predicted molar refractivity (Wildman–Crippen MR) is 130 cm³/mol. The van der Waals surface area contributed by atoms with Gasteiger partial charge in [-0.3, -0.25) is 4.79 Å². The van der Waals surface area contributed by atoms with Gasteiger partial charge in [0.25, 0.3) is 5.91 Å². The van der Waals surface area contributed by atoms with E-state index in [0.29, 0.717) is 57.3 Å². The number of carbonyl (C=O) groups excluding carboxylic acids is 1. The topological polar surface area (TPSA) is 76.1 Å². The molecule has 0 saturated heterocycles. The molecule has 0 radical (unpaired) electrons. The third-order valence-electron chi connectivity index (χ3n) is 6.21. The Labute approximate surface area is 203 Å². The van der Waals surface area contributed by atoms with Crippen LogP contribution in [0.5, 0.6) is 11.5 Å². The Hall–Kier alpha value is -2.88. The average Bonchev–Trinajstić information content (AvgIpc) is 3.38. The number of rotatable bonds is 6. The third-order valence-corrected chi connectivity index (χ3v) is 9.13. The van der Waals surface area contributed by atoms with E-state index < -0.39 is 10.0 Å². The SMILES string of the molecule is CCN(Cc1cccc2c1OCCO2)C(=O)c1sccc1S(=O)(=O)N1CCc2ccccc2C1. The van der Waals surface area contributed by atoms with Crippen LogP contribution in [0.1, 0.15) is 33.3 Å². The van der Waals surface area contributed by atoms with Crippen molar-refractivity contribution in [3.8, 4) is 11.5 Å². The minimum Gasteiger partial charge on any atom is -0.486 e. The quantitative estimate of drug-likeness (QED) is 0.515. The Balaban J connectivity index is 1.40. The molecule has 3 aromatic rings. The molecule has 178 valence electrons. The van der Waals surface area contributed by atoms with Crippen LogP contribution >= 0.6 is 11.3 Å². The summed E-state index contributed by atoms with van der Waals surface area (Å²) in [7, 11) is -3.81. The molecule has 1 amide bonds. The summed E-state index contributed by atoms with van der Waals surface area (Å²) in [5.41, 5.74) is 3.01. The molecule has 0 aliphatic carbocycles. The molecule has 7 nitrogen and oxygen atoms in total. The number of para-hydroxylation sites is 1. The van der Waals surface area contributed by atoms with Gasteiger partial charge in [-0.05, 0) is 42.0 Å². The monoisotopic (exact) mass is 498 g/mol. The summed E-state index contributed by atoms with van der Waals surface area (Å²) in [6, 6.07) is 15.1. The van der Waals surface area contributed by atoms with Crippen molar-refractivity contribution < 1.29 is 22.7 Å². The molecule has 5 rings (SSSR count). The van der Waals surface area contributed by atoms with Crippen molar-refractivity contribution in [3.05, 3.63) is 75.5 Å². The fourth-order valence-electron chi connectivity index (χ4n) is 4.41. The van der Waals surface area contributed by atoms with Gasteiger partial charge in [0.05, 0.1) is 0 Å². The second-order valence-corrected chi connectivity index (χ2v) is 11.1. The first-order chi connectivity index (χ1) is 16.5. The van der Waals surface area contributed by atoms with E-state index in [4.69, 9.17) is 9.47 Å². The second kappa shape index (κ2) is 9.40. The van der Waals surface area contributed by atoms with E-state index in [2.05, 4.69) is 0 Å². The highest BCUT2D eigenvalue weighted by Crippen LogP contribution is 2.35. The molecule has 0 spiro atoms. The third kappa shape index (κ3) is 4.19. The van der Waals surface area contributed by atoms with Crippen LogP contribution in [0.3, 0.4) is 0 Å². The van der Waals surface area contributed by atoms with Crippen molar-refractivity contribution in [1.82, 2.24) is 9.21 Å². The summed E-state index contributed by atoms with van der Waals surface area (Å²) in [6.07, 6.45) is 0.658. The highest BCUT2D eigenvalue weighted by molar-refractivity contribution is 7.89. The first kappa shape index (κ1) is 22.9. The number of hydrogen-bond acceptors (Lipinski definition) is 6. The molecule has 0 bridgehead atoms. The predicted octanol–water partition coefficient (Wildman–Crippen LogP) is 3.93. The van der Waals surface area contributed by atoms with Gasteiger partial charge in [0.15, 0.2) is 11.5 Å². The molecule has 0 N–H and O–H groups in total. The number of nitrogens with zero attached hydrogens (tertiary/aromatic N) is 2. The Bertz CT molecular complexity index is 1320. The Kier molecular flexibility index (Phi) is 6.33. The molecule has 34 heavy (non-hydrogen) atoms. The van der Waals surface area contributed by atoms with Gasteiger partial charge in [0.2, 0.25) is 10.0 Å². The highest BCUT2D eigenvalue weighted by Gasteiger charge is 2.33. The summed E-state index contributed by atoms with van der Waals surface area (Å²) < 4.78 is 40.1. The number of amides is 1. The van der Waals surface area contributed by atoms with E-state index in [9.17, 15) is 13.2 Å². The summed E-state index contributed by atoms with van der Waals surface area (Å²) in [6.45, 7) is 4.27. The summed E-state index contributed by atoms with van der Waals surface area (Å²) in [4.78, 5) is 15.5. The van der Waals surface area contributed by atoms with Crippen molar-refractivity contribution in [2.45, 2.75) is 31.3 Å². The van der Waals surface area contributed by atoms with E-state index in [1.165, 1.54) is 9.87 Å². The zero-order valence-corrected chi connectivity index (χ0v) is 20.5. The van der Waals surface area contributed by atoms with Gasteiger partial charge in [-0.25, -0.2) is 8.42 Å². The zero-order valence-electron chi connectivity index (χ0n) is 18.9. The van der Waals surface area contributed by atoms with Gasteiger partial charge in [-0.1, -0.05) is 36.4 Å². The van der Waals surface area contributed by atoms with Crippen LogP contribution in [0.2, 0.25) is 0 Å². The van der Waals surface area contributed by atoms with Crippen LogP contribution in [0.4, 0.5) is 0 Å². The fourth-order valence-corrected chi connectivity index (χ4v) is 7.19. The van der Waals surface area contributed by atoms with Gasteiger partial charge < -0.3 is 14.4 Å². The average molecular weight is 499 g/mol. The van der Waals surface area contributed by atoms with Crippen molar-refractivity contribution >= 4 is 27.3 Å². The normalized spacial score (nSPS) is 15.6. The fraction of sp³-hybridized carbons (Fsp3) is 0.320. The van der Waals surface area contributed by atoms with E-state index in [1.807, 2.05) is 49.4 Å². The summed E-state index contributed by atoms with van der Waals surface area (Å²) >= 11 is 1.16. The standard InChI is InChI=1S/C25H26N2O5S2/c1-2-26(16-20-8-5-9-21-23(20)32-14-13-31-21)25(28)24-22(11-15-33-24)34(29,30)27-12-10-18-6-3-4-7-19(18)17-27/h3-9,11,15H,2,10,12-14,16-17H2,1H3. The van der Waals surface area contributed by atoms with Crippen molar-refractivity contribution in [2.24, 2.45) is 0 Å². The number of sulfonamides is 1. The van der Waals surface area contributed by atoms with Crippen molar-refractivity contribution in [1.29, 1.82) is 0 Å². The molecule has 2 aromatic carbocycles. The Morgan fingerprint density at radius 2 is 1.85 bits per heavy atom. The van der Waals surface area contributed by atoms with Gasteiger partial charge in [0.1, 0.15) is 23.0 Å². The molecule has 1 aromatic heterocycles. The second-order valence-electron chi connectivity index (χ2n) is 8.23. The van der Waals surface area contributed by atoms with E-state index in [1.54, 1.807) is 16.3 Å². The molecule has 0 fully saturated rings. The number of ether oxygens (including phenoxy) is 2. The van der Waals surface area contributed by atoms with Crippen molar-refractivity contribution in [3.63, 3.8) is 0 Å². The lowest BCUT2D eigenvalue weighted by Gasteiger charge is -2.28. The zero-order chi connectivity index (χ0) is 23.7. The van der Waals surface area contributed by atoms with Crippen LogP contribution in [-0.2, 0) is 29.5 Å². The number of fused-ring (bicyclic) bond motifs is 2. The minimum absolute atomic E-state index is 0.0787. The molecule has 0 unspecified atom stereocenters. The van der Waals surface area contributed by atoms with E-state index in [0.717, 1.165) is 22.5 Å². The number of thiophene rings is 1. The highest BCUT2D eigenvalue weighted by atomic mass is 32.2. The maximum absolute atomic E-state index is 13.6. The molecular formula is C25H26N2O5S2. The first-order valence-corrected chi connectivity index (χ1v) is 13.6. The minimum atomic E-state index is -3.81. The summed E-state index contributed by atoms with van der Waals surface area (Å²) in [5, 5.41) is 1.67. The van der Waals surface area contributed by atoms with E-state index in [-0.39, 0.29) is 15.7 Å². The largest absolute Gasteiger partial charge is 0.486 e. The van der Waals surface area contributed by atoms with Crippen molar-refractivity contribution in [2.75, 3.05) is 26.3 Å². The van der Waals surface area contributed by atoms with Gasteiger partial charge in [-0.2, -0.15) is 4.31 Å². The maximum atomic E-state index is 13.6. The molecule has 0 atom stereocenters. The molecule has 3 heterocycles. The number of hydrogen-bond donors (Lipinski definition) is 0. The van der Waals surface area contributed by atoms with Gasteiger partial charge in [0, 0.05) is 31.7 Å². The van der Waals surface area contributed by atoms with Crippen LogP contribution in [0.15, 0.2) is 58.8 Å². The number of benzene rings is 2. The molecule has 0 saturated carbocycles. The van der Waals surface area contributed by atoms with Gasteiger partial charge >= 0.3 is 0 Å². The Morgan fingerprint density at radius 3 is 2.68 bits per heavy atom. The van der Waals surface area contributed by atoms with E-state index >= 15 is 0 Å². The lowest BCUT2D eigenvalue weighted by Crippen LogP contribution is -2.37. The van der Waals surface area contributed by atoms with Crippen LogP contribution in [-0.4, -0.2) is 49.8 Å². The molecule has 2 aliphatic rings. The molecule has 9 heteroatoms. The van der Waals surface area contributed by atoms with Crippen LogP contribution in [0.25, 0.3) is 0 Å². The first-order valence-electron chi connectivity index (χ1n) is 11.3.